The van der Waals surface area contributed by atoms with Crippen LogP contribution >= 0.6 is 0 Å². The molecule has 84 valence electrons. The van der Waals surface area contributed by atoms with Gasteiger partial charge in [0.25, 0.3) is 0 Å². The molecule has 0 bridgehead atoms. The average molecular weight is 223 g/mol. The molecule has 1 aliphatic carbocycles. The Morgan fingerprint density at radius 3 is 3.00 bits per heavy atom. The van der Waals surface area contributed by atoms with E-state index in [0.717, 1.165) is 6.54 Å². The van der Waals surface area contributed by atoms with Crippen molar-refractivity contribution in [2.24, 2.45) is 0 Å². The van der Waals surface area contributed by atoms with Gasteiger partial charge in [0.1, 0.15) is 0 Å². The van der Waals surface area contributed by atoms with Gasteiger partial charge in [-0.25, -0.2) is 0 Å². The molecule has 0 saturated heterocycles. The lowest BCUT2D eigenvalue weighted by Crippen LogP contribution is -2.33. The SMILES string of the molecule is c1cc2c(cn1)-c1c3c(cc[n+]1C2)CCCC3. The first-order valence-electron chi connectivity index (χ1n) is 6.41. The second-order valence-corrected chi connectivity index (χ2v) is 5.04. The fourth-order valence-corrected chi connectivity index (χ4v) is 3.22. The Bertz CT molecular complexity index is 602. The molecule has 0 spiro atoms. The van der Waals surface area contributed by atoms with Crippen LogP contribution in [-0.4, -0.2) is 4.98 Å². The van der Waals surface area contributed by atoms with Crippen molar-refractivity contribution < 1.29 is 4.57 Å². The van der Waals surface area contributed by atoms with Gasteiger partial charge >= 0.3 is 0 Å². The maximum atomic E-state index is 4.29. The van der Waals surface area contributed by atoms with Crippen molar-refractivity contribution in [3.8, 4) is 11.3 Å². The predicted molar refractivity (Wildman–Crippen MR) is 65.6 cm³/mol. The molecule has 0 aromatic carbocycles. The molecule has 17 heavy (non-hydrogen) atoms. The van der Waals surface area contributed by atoms with Crippen molar-refractivity contribution in [1.29, 1.82) is 0 Å². The number of fused-ring (bicyclic) bond motifs is 5. The topological polar surface area (TPSA) is 16.8 Å². The summed E-state index contributed by atoms with van der Waals surface area (Å²) in [5, 5.41) is 0. The third-order valence-corrected chi connectivity index (χ3v) is 4.05. The molecule has 2 nitrogen and oxygen atoms in total. The van der Waals surface area contributed by atoms with Crippen LogP contribution in [0.1, 0.15) is 29.5 Å². The van der Waals surface area contributed by atoms with Gasteiger partial charge in [-0.3, -0.25) is 4.98 Å². The lowest BCUT2D eigenvalue weighted by atomic mass is 9.89. The summed E-state index contributed by atoms with van der Waals surface area (Å²) in [5.41, 5.74) is 7.33. The highest BCUT2D eigenvalue weighted by Gasteiger charge is 2.31. The van der Waals surface area contributed by atoms with Gasteiger partial charge in [-0.2, -0.15) is 4.57 Å². The summed E-state index contributed by atoms with van der Waals surface area (Å²) in [4.78, 5) is 4.29. The van der Waals surface area contributed by atoms with E-state index in [0.29, 0.717) is 0 Å². The molecule has 0 N–H and O–H groups in total. The molecule has 4 rings (SSSR count). The quantitative estimate of drug-likeness (QED) is 0.534. The molecule has 2 aromatic rings. The van der Waals surface area contributed by atoms with Gasteiger partial charge in [0, 0.05) is 29.6 Å². The van der Waals surface area contributed by atoms with E-state index in [9.17, 15) is 0 Å². The van der Waals surface area contributed by atoms with Crippen molar-refractivity contribution in [2.45, 2.75) is 32.2 Å². The van der Waals surface area contributed by atoms with Gasteiger partial charge in [0.2, 0.25) is 5.69 Å². The van der Waals surface area contributed by atoms with Crippen LogP contribution in [0.4, 0.5) is 0 Å². The Hall–Kier alpha value is -1.70. The van der Waals surface area contributed by atoms with E-state index in [-0.39, 0.29) is 0 Å². The highest BCUT2D eigenvalue weighted by Crippen LogP contribution is 2.33. The van der Waals surface area contributed by atoms with Crippen molar-refractivity contribution >= 4 is 0 Å². The molecule has 2 aromatic heterocycles. The largest absolute Gasteiger partial charge is 0.264 e. The molecule has 0 radical (unpaired) electrons. The maximum Gasteiger partial charge on any atom is 0.218 e. The van der Waals surface area contributed by atoms with Crippen molar-refractivity contribution in [1.82, 2.24) is 4.98 Å². The highest BCUT2D eigenvalue weighted by molar-refractivity contribution is 5.66. The molecule has 2 heteroatoms. The van der Waals surface area contributed by atoms with Gasteiger partial charge in [-0.15, -0.1) is 0 Å². The molecule has 3 heterocycles. The zero-order chi connectivity index (χ0) is 11.2. The first-order chi connectivity index (χ1) is 8.43. The van der Waals surface area contributed by atoms with E-state index in [1.54, 1.807) is 11.1 Å². The predicted octanol–water partition coefficient (Wildman–Crippen LogP) is 2.28. The van der Waals surface area contributed by atoms with Crippen LogP contribution < -0.4 is 4.57 Å². The van der Waals surface area contributed by atoms with Crippen LogP contribution in [0, 0.1) is 0 Å². The molecule has 1 aliphatic heterocycles. The van der Waals surface area contributed by atoms with Gasteiger partial charge in [-0.1, -0.05) is 0 Å². The molecule has 0 atom stereocenters. The van der Waals surface area contributed by atoms with E-state index in [2.05, 4.69) is 27.9 Å². The Kier molecular flexibility index (Phi) is 1.87. The first-order valence-corrected chi connectivity index (χ1v) is 6.41. The minimum Gasteiger partial charge on any atom is -0.264 e. The summed E-state index contributed by atoms with van der Waals surface area (Å²) in [6.45, 7) is 1.01. The summed E-state index contributed by atoms with van der Waals surface area (Å²) in [6, 6.07) is 4.47. The van der Waals surface area contributed by atoms with Crippen molar-refractivity contribution in [3.05, 3.63) is 47.4 Å². The summed E-state index contributed by atoms with van der Waals surface area (Å²) < 4.78 is 2.39. The number of nitrogens with zero attached hydrogens (tertiary/aromatic N) is 2. The number of hydrogen-bond acceptors (Lipinski definition) is 1. The number of hydrogen-bond donors (Lipinski definition) is 0. The minimum atomic E-state index is 1.01. The van der Waals surface area contributed by atoms with Crippen LogP contribution in [-0.2, 0) is 19.4 Å². The number of aryl methyl sites for hydroxylation is 1. The average Bonchev–Trinajstić information content (AvgIpc) is 2.77. The summed E-state index contributed by atoms with van der Waals surface area (Å²) in [5.74, 6) is 0. The molecule has 0 saturated carbocycles. The Morgan fingerprint density at radius 1 is 1.06 bits per heavy atom. The number of rotatable bonds is 0. The second-order valence-electron chi connectivity index (χ2n) is 5.04. The second kappa shape index (κ2) is 3.39. The minimum absolute atomic E-state index is 1.01. The zero-order valence-electron chi connectivity index (χ0n) is 9.82. The van der Waals surface area contributed by atoms with E-state index >= 15 is 0 Å². The fraction of sp³-hybridized carbons (Fsp3) is 0.333. The van der Waals surface area contributed by atoms with Gasteiger partial charge < -0.3 is 0 Å². The summed E-state index contributed by atoms with van der Waals surface area (Å²) >= 11 is 0. The Balaban J connectivity index is 2.01. The molecule has 0 fully saturated rings. The Morgan fingerprint density at radius 2 is 2.00 bits per heavy atom. The van der Waals surface area contributed by atoms with Gasteiger partial charge in [0.15, 0.2) is 12.7 Å². The number of aromatic nitrogens is 2. The van der Waals surface area contributed by atoms with Crippen molar-refractivity contribution in [2.75, 3.05) is 0 Å². The molecular weight excluding hydrogens is 208 g/mol. The van der Waals surface area contributed by atoms with E-state index in [1.165, 1.54) is 42.5 Å². The third kappa shape index (κ3) is 1.27. The van der Waals surface area contributed by atoms with Crippen LogP contribution in [0.25, 0.3) is 11.3 Å². The standard InChI is InChI=1S/C15H15N2/c1-2-4-13-11(3-1)6-8-17-10-12-5-7-16-9-14(12)15(13)17/h5-9H,1-4,10H2/q+1. The van der Waals surface area contributed by atoms with Crippen LogP contribution in [0.2, 0.25) is 0 Å². The Labute approximate surface area is 101 Å². The van der Waals surface area contributed by atoms with Crippen LogP contribution in [0.5, 0.6) is 0 Å². The lowest BCUT2D eigenvalue weighted by Gasteiger charge is -2.15. The molecular formula is C15H15N2+. The third-order valence-electron chi connectivity index (χ3n) is 4.05. The fourth-order valence-electron chi connectivity index (χ4n) is 3.22. The summed E-state index contributed by atoms with van der Waals surface area (Å²) in [6.07, 6.45) is 11.3. The number of pyridine rings is 2. The van der Waals surface area contributed by atoms with E-state index in [1.807, 2.05) is 12.4 Å². The first kappa shape index (κ1) is 9.34. The summed E-state index contributed by atoms with van der Waals surface area (Å²) in [7, 11) is 0. The van der Waals surface area contributed by atoms with Crippen molar-refractivity contribution in [3.63, 3.8) is 0 Å². The molecule has 2 aliphatic rings. The lowest BCUT2D eigenvalue weighted by molar-refractivity contribution is -0.672. The van der Waals surface area contributed by atoms with Crippen LogP contribution in [0.3, 0.4) is 0 Å². The van der Waals surface area contributed by atoms with E-state index in [4.69, 9.17) is 0 Å². The normalized spacial score (nSPS) is 16.2. The van der Waals surface area contributed by atoms with Crippen LogP contribution in [0.15, 0.2) is 30.7 Å². The van der Waals surface area contributed by atoms with Gasteiger partial charge in [0.05, 0.1) is 5.56 Å². The highest BCUT2D eigenvalue weighted by atomic mass is 15.0. The van der Waals surface area contributed by atoms with E-state index < -0.39 is 0 Å². The molecule has 0 amide bonds. The molecule has 0 unspecified atom stereocenters. The van der Waals surface area contributed by atoms with Gasteiger partial charge in [-0.05, 0) is 37.3 Å². The smallest absolute Gasteiger partial charge is 0.218 e. The zero-order valence-corrected chi connectivity index (χ0v) is 9.82. The monoisotopic (exact) mass is 223 g/mol. The maximum absolute atomic E-state index is 4.29.